The largest absolute Gasteiger partial charge is 0.485 e. The Labute approximate surface area is 206 Å². The molecule has 0 fully saturated rings. The molecule has 1 unspecified atom stereocenters. The van der Waals surface area contributed by atoms with Crippen LogP contribution in [0.25, 0.3) is 5.65 Å². The molecule has 7 nitrogen and oxygen atoms in total. The Morgan fingerprint density at radius 1 is 1.14 bits per heavy atom. The zero-order valence-electron chi connectivity index (χ0n) is 18.8. The van der Waals surface area contributed by atoms with E-state index < -0.39 is 0 Å². The van der Waals surface area contributed by atoms with Gasteiger partial charge in [-0.3, -0.25) is 4.79 Å². The van der Waals surface area contributed by atoms with Gasteiger partial charge in [-0.2, -0.15) is 0 Å². The first-order valence-corrected chi connectivity index (χ1v) is 12.2. The first kappa shape index (κ1) is 21.4. The fourth-order valence-corrected chi connectivity index (χ4v) is 4.87. The van der Waals surface area contributed by atoms with E-state index >= 15 is 0 Å². The van der Waals surface area contributed by atoms with E-state index in [2.05, 4.69) is 27.4 Å². The Balaban J connectivity index is 1.08. The van der Waals surface area contributed by atoms with Crippen molar-refractivity contribution < 1.29 is 14.3 Å². The smallest absolute Gasteiger partial charge is 0.279 e. The van der Waals surface area contributed by atoms with Crippen LogP contribution >= 0.6 is 11.3 Å². The van der Waals surface area contributed by atoms with Crippen molar-refractivity contribution in [1.82, 2.24) is 19.7 Å². The minimum Gasteiger partial charge on any atom is -0.485 e. The summed E-state index contributed by atoms with van der Waals surface area (Å²) in [6.07, 6.45) is 7.24. The highest BCUT2D eigenvalue weighted by molar-refractivity contribution is 7.15. The molecule has 35 heavy (non-hydrogen) atoms. The molecule has 1 atom stereocenters. The fraction of sp³-hybridized carbons (Fsp3) is 0.148. The van der Waals surface area contributed by atoms with Gasteiger partial charge in [-0.15, -0.1) is 0 Å². The Kier molecular flexibility index (Phi) is 5.64. The van der Waals surface area contributed by atoms with Crippen molar-refractivity contribution in [2.24, 2.45) is 0 Å². The van der Waals surface area contributed by atoms with Gasteiger partial charge in [0.05, 0.1) is 18.4 Å². The van der Waals surface area contributed by atoms with Crippen LogP contribution < -0.4 is 14.8 Å². The Hall–Kier alpha value is -4.17. The van der Waals surface area contributed by atoms with Gasteiger partial charge in [0.1, 0.15) is 28.1 Å². The van der Waals surface area contributed by atoms with Crippen molar-refractivity contribution in [3.05, 3.63) is 107 Å². The van der Waals surface area contributed by atoms with Crippen LogP contribution in [0.3, 0.4) is 0 Å². The fourth-order valence-electron chi connectivity index (χ4n) is 4.17. The molecule has 5 aromatic rings. The highest BCUT2D eigenvalue weighted by atomic mass is 32.1. The second-order valence-electron chi connectivity index (χ2n) is 8.30. The summed E-state index contributed by atoms with van der Waals surface area (Å²) in [5, 5.41) is 3.31. The third-order valence-corrected chi connectivity index (χ3v) is 6.78. The Bertz CT molecular complexity index is 1460. The molecule has 0 bridgehead atoms. The lowest BCUT2D eigenvalue weighted by Crippen LogP contribution is -2.21. The molecule has 0 aliphatic carbocycles. The Morgan fingerprint density at radius 2 is 2.03 bits per heavy atom. The molecule has 1 amide bonds. The second-order valence-corrected chi connectivity index (χ2v) is 9.29. The molecule has 0 saturated heterocycles. The van der Waals surface area contributed by atoms with E-state index in [1.165, 1.54) is 23.1 Å². The average Bonchev–Trinajstić information content (AvgIpc) is 3.54. The molecular weight excluding hydrogens is 460 g/mol. The number of carbonyl (C=O) groups is 1. The molecule has 2 aromatic carbocycles. The number of imidazole rings is 1. The molecule has 6 rings (SSSR count). The molecule has 0 saturated carbocycles. The number of thiazole rings is 1. The van der Waals surface area contributed by atoms with Gasteiger partial charge in [0, 0.05) is 12.4 Å². The van der Waals surface area contributed by atoms with Gasteiger partial charge < -0.3 is 19.2 Å². The van der Waals surface area contributed by atoms with Crippen molar-refractivity contribution >= 4 is 22.9 Å². The Morgan fingerprint density at radius 3 is 2.91 bits per heavy atom. The predicted molar refractivity (Wildman–Crippen MR) is 133 cm³/mol. The van der Waals surface area contributed by atoms with Gasteiger partial charge in [0.25, 0.3) is 11.1 Å². The lowest BCUT2D eigenvalue weighted by molar-refractivity contribution is 0.0954. The molecule has 1 aliphatic rings. The summed E-state index contributed by atoms with van der Waals surface area (Å²) >= 11 is 1.21. The van der Waals surface area contributed by atoms with Crippen LogP contribution in [-0.2, 0) is 13.0 Å². The number of carbonyl (C=O) groups excluding carboxylic acids is 1. The minimum absolute atomic E-state index is 0.0658. The molecule has 1 aliphatic heterocycles. The first-order valence-electron chi connectivity index (χ1n) is 11.4. The van der Waals surface area contributed by atoms with Crippen LogP contribution in [0, 0.1) is 0 Å². The predicted octanol–water partition coefficient (Wildman–Crippen LogP) is 5.58. The maximum Gasteiger partial charge on any atom is 0.279 e. The maximum absolute atomic E-state index is 12.6. The van der Waals surface area contributed by atoms with E-state index in [4.69, 9.17) is 9.47 Å². The van der Waals surface area contributed by atoms with Crippen molar-refractivity contribution in [2.75, 3.05) is 0 Å². The van der Waals surface area contributed by atoms with Crippen molar-refractivity contribution in [3.8, 4) is 16.7 Å². The highest BCUT2D eigenvalue weighted by Gasteiger charge is 2.22. The molecule has 4 heterocycles. The number of hydrogen-bond acceptors (Lipinski definition) is 6. The van der Waals surface area contributed by atoms with Crippen molar-refractivity contribution in [3.63, 3.8) is 0 Å². The number of ether oxygens (including phenoxy) is 2. The number of nitrogens with zero attached hydrogens (tertiary/aromatic N) is 3. The van der Waals surface area contributed by atoms with E-state index in [0.29, 0.717) is 22.4 Å². The molecule has 174 valence electrons. The van der Waals surface area contributed by atoms with Crippen LogP contribution in [-0.4, -0.2) is 20.3 Å². The number of pyridine rings is 1. The summed E-state index contributed by atoms with van der Waals surface area (Å²) in [6, 6.07) is 21.9. The zero-order valence-corrected chi connectivity index (χ0v) is 19.6. The number of rotatable bonds is 6. The first-order chi connectivity index (χ1) is 17.2. The molecule has 1 N–H and O–H groups in total. The lowest BCUT2D eigenvalue weighted by atomic mass is 9.97. The monoisotopic (exact) mass is 482 g/mol. The van der Waals surface area contributed by atoms with Crippen LogP contribution in [0.1, 0.15) is 39.0 Å². The molecule has 0 spiro atoms. The van der Waals surface area contributed by atoms with Gasteiger partial charge in [-0.05, 0) is 54.3 Å². The molecular formula is C27H22N4O3S. The highest BCUT2D eigenvalue weighted by Crippen LogP contribution is 2.38. The van der Waals surface area contributed by atoms with Crippen LogP contribution in [0.5, 0.6) is 16.7 Å². The zero-order chi connectivity index (χ0) is 23.6. The van der Waals surface area contributed by atoms with E-state index in [1.807, 2.05) is 71.4 Å². The SMILES string of the molecule is O=C(NCc1cn2ccccc2n1)c1cnc(Oc2ccc3c(c2)CCC(c2ccccc2)O3)s1. The van der Waals surface area contributed by atoms with E-state index in [9.17, 15) is 4.79 Å². The second kappa shape index (κ2) is 9.23. The van der Waals surface area contributed by atoms with Gasteiger partial charge in [0.2, 0.25) is 0 Å². The van der Waals surface area contributed by atoms with E-state index in [-0.39, 0.29) is 12.0 Å². The number of hydrogen-bond donors (Lipinski definition) is 1. The summed E-state index contributed by atoms with van der Waals surface area (Å²) < 4.78 is 14.1. The van der Waals surface area contributed by atoms with Crippen LogP contribution in [0.15, 0.2) is 85.3 Å². The summed E-state index contributed by atoms with van der Waals surface area (Å²) in [7, 11) is 0. The van der Waals surface area contributed by atoms with Gasteiger partial charge >= 0.3 is 0 Å². The average molecular weight is 483 g/mol. The van der Waals surface area contributed by atoms with Gasteiger partial charge in [-0.1, -0.05) is 47.7 Å². The normalized spacial score (nSPS) is 14.8. The van der Waals surface area contributed by atoms with Gasteiger partial charge in [0.15, 0.2) is 0 Å². The van der Waals surface area contributed by atoms with E-state index in [0.717, 1.165) is 35.5 Å². The lowest BCUT2D eigenvalue weighted by Gasteiger charge is -2.26. The summed E-state index contributed by atoms with van der Waals surface area (Å²) in [4.78, 5) is 21.8. The number of nitrogens with one attached hydrogen (secondary N) is 1. The number of aryl methyl sites for hydroxylation is 1. The summed E-state index contributed by atoms with van der Waals surface area (Å²) in [6.45, 7) is 0.337. The molecule has 0 radical (unpaired) electrons. The minimum atomic E-state index is -0.208. The number of aromatic nitrogens is 3. The number of fused-ring (bicyclic) bond motifs is 2. The summed E-state index contributed by atoms with van der Waals surface area (Å²) in [5.74, 6) is 1.35. The number of amides is 1. The van der Waals surface area contributed by atoms with Crippen LogP contribution in [0.2, 0.25) is 0 Å². The number of benzene rings is 2. The van der Waals surface area contributed by atoms with E-state index in [1.54, 1.807) is 0 Å². The van der Waals surface area contributed by atoms with Crippen molar-refractivity contribution in [2.45, 2.75) is 25.5 Å². The standard InChI is InChI=1S/C27H22N4O3S/c32-26(28-15-20-17-31-13-5-4-8-25(31)30-20)24-16-29-27(35-24)33-21-10-12-23-19(14-21)9-11-22(34-23)18-6-2-1-3-7-18/h1-8,10,12-14,16-17,22H,9,11,15H2,(H,28,32). The topological polar surface area (TPSA) is 77.8 Å². The third kappa shape index (κ3) is 4.61. The summed E-state index contributed by atoms with van der Waals surface area (Å²) in [5.41, 5.74) is 3.93. The quantitative estimate of drug-likeness (QED) is 0.342. The van der Waals surface area contributed by atoms with Crippen LogP contribution in [0.4, 0.5) is 0 Å². The van der Waals surface area contributed by atoms with Crippen molar-refractivity contribution in [1.29, 1.82) is 0 Å². The third-order valence-electron chi connectivity index (χ3n) is 5.91. The maximum atomic E-state index is 12.6. The van der Waals surface area contributed by atoms with Gasteiger partial charge in [-0.25, -0.2) is 9.97 Å². The molecule has 8 heteroatoms. The molecule has 3 aromatic heterocycles.